The first-order valence-corrected chi connectivity index (χ1v) is 6.66. The molecule has 2 N–H and O–H groups in total. The van der Waals surface area contributed by atoms with Crippen molar-refractivity contribution in [3.05, 3.63) is 16.1 Å². The normalized spacial score (nSPS) is 20.4. The van der Waals surface area contributed by atoms with Crippen molar-refractivity contribution in [2.45, 2.75) is 6.42 Å². The Labute approximate surface area is 112 Å². The summed E-state index contributed by atoms with van der Waals surface area (Å²) in [5.74, 6) is 1.49. The third kappa shape index (κ3) is 1.86. The van der Waals surface area contributed by atoms with E-state index in [1.165, 1.54) is 0 Å². The Morgan fingerprint density at radius 3 is 3.18 bits per heavy atom. The summed E-state index contributed by atoms with van der Waals surface area (Å²) in [5, 5.41) is 8.05. The molecular weight excluding hydrogens is 331 g/mol. The van der Waals surface area contributed by atoms with Gasteiger partial charge in [0, 0.05) is 19.3 Å². The third-order valence-electron chi connectivity index (χ3n) is 3.17. The lowest BCUT2D eigenvalue weighted by atomic mass is 10.1. The van der Waals surface area contributed by atoms with Gasteiger partial charge in [0.2, 0.25) is 5.95 Å². The van der Waals surface area contributed by atoms with Gasteiger partial charge >= 0.3 is 0 Å². The monoisotopic (exact) mass is 344 g/mol. The lowest BCUT2D eigenvalue weighted by Gasteiger charge is -2.18. The first-order valence-electron chi connectivity index (χ1n) is 5.59. The molecule has 1 atom stereocenters. The van der Waals surface area contributed by atoms with Crippen LogP contribution in [0.15, 0.2) is 12.5 Å². The molecule has 0 bridgehead atoms. The molecule has 7 heteroatoms. The van der Waals surface area contributed by atoms with Crippen molar-refractivity contribution < 1.29 is 0 Å². The molecule has 3 rings (SSSR count). The van der Waals surface area contributed by atoms with E-state index in [-0.39, 0.29) is 0 Å². The predicted octanol–water partition coefficient (Wildman–Crippen LogP) is 0.514. The van der Waals surface area contributed by atoms with Gasteiger partial charge in [-0.2, -0.15) is 0 Å². The van der Waals surface area contributed by atoms with Crippen LogP contribution >= 0.6 is 22.6 Å². The molecule has 1 saturated heterocycles. The second-order valence-corrected chi connectivity index (χ2v) is 5.43. The number of nitrogens with two attached hydrogens (primary N) is 1. The van der Waals surface area contributed by atoms with Gasteiger partial charge in [0.15, 0.2) is 5.65 Å². The number of anilines is 1. The molecule has 2 aromatic heterocycles. The second-order valence-electron chi connectivity index (χ2n) is 4.27. The van der Waals surface area contributed by atoms with E-state index in [0.717, 1.165) is 41.2 Å². The molecule has 6 nitrogen and oxygen atoms in total. The standard InChI is InChI=1S/C10H13IN6/c11-8-4-13-10(17-6-14-15-9(8)17)16-2-1-7(3-12)5-16/h4,6-7H,1-3,5,12H2. The lowest BCUT2D eigenvalue weighted by Crippen LogP contribution is -2.25. The van der Waals surface area contributed by atoms with E-state index in [9.17, 15) is 0 Å². The van der Waals surface area contributed by atoms with Crippen molar-refractivity contribution in [3.8, 4) is 0 Å². The van der Waals surface area contributed by atoms with Crippen molar-refractivity contribution in [1.82, 2.24) is 19.6 Å². The number of nitrogens with zero attached hydrogens (tertiary/aromatic N) is 5. The summed E-state index contributed by atoms with van der Waals surface area (Å²) >= 11 is 2.22. The number of hydrogen-bond donors (Lipinski definition) is 1. The molecule has 1 aliphatic heterocycles. The summed E-state index contributed by atoms with van der Waals surface area (Å²) in [6.07, 6.45) is 4.69. The summed E-state index contributed by atoms with van der Waals surface area (Å²) in [6.45, 7) is 2.71. The van der Waals surface area contributed by atoms with Crippen LogP contribution in [0.1, 0.15) is 6.42 Å². The molecular formula is C10H13IN6. The summed E-state index contributed by atoms with van der Waals surface area (Å²) in [4.78, 5) is 6.74. The summed E-state index contributed by atoms with van der Waals surface area (Å²) in [5.41, 5.74) is 6.58. The average Bonchev–Trinajstić information content (AvgIpc) is 2.98. The second kappa shape index (κ2) is 4.37. The van der Waals surface area contributed by atoms with Gasteiger partial charge in [-0.25, -0.2) is 4.98 Å². The fourth-order valence-electron chi connectivity index (χ4n) is 2.22. The summed E-state index contributed by atoms with van der Waals surface area (Å²) < 4.78 is 2.96. The van der Waals surface area contributed by atoms with Crippen LogP contribution in [-0.2, 0) is 0 Å². The van der Waals surface area contributed by atoms with Crippen LogP contribution in [-0.4, -0.2) is 39.2 Å². The number of fused-ring (bicyclic) bond motifs is 1. The molecule has 3 heterocycles. The Morgan fingerprint density at radius 1 is 1.53 bits per heavy atom. The highest BCUT2D eigenvalue weighted by Crippen LogP contribution is 2.23. The van der Waals surface area contributed by atoms with E-state index in [1.54, 1.807) is 6.33 Å². The molecule has 1 aliphatic rings. The zero-order valence-corrected chi connectivity index (χ0v) is 11.4. The Balaban J connectivity index is 2.01. The Kier molecular flexibility index (Phi) is 2.87. The van der Waals surface area contributed by atoms with Crippen molar-refractivity contribution >= 4 is 34.2 Å². The van der Waals surface area contributed by atoms with Gasteiger partial charge in [-0.3, -0.25) is 4.40 Å². The van der Waals surface area contributed by atoms with Crippen LogP contribution in [0.25, 0.3) is 5.65 Å². The minimum atomic E-state index is 0.572. The number of halogens is 1. The van der Waals surface area contributed by atoms with Gasteiger partial charge in [0.1, 0.15) is 6.33 Å². The SMILES string of the molecule is NCC1CCN(c2ncc(I)c3nncn23)C1. The number of rotatable bonds is 2. The summed E-state index contributed by atoms with van der Waals surface area (Å²) in [7, 11) is 0. The van der Waals surface area contributed by atoms with Crippen LogP contribution < -0.4 is 10.6 Å². The van der Waals surface area contributed by atoms with Gasteiger partial charge in [-0.05, 0) is 41.5 Å². The fraction of sp³-hybridized carbons (Fsp3) is 0.500. The average molecular weight is 344 g/mol. The molecule has 0 amide bonds. The van der Waals surface area contributed by atoms with E-state index >= 15 is 0 Å². The highest BCUT2D eigenvalue weighted by Gasteiger charge is 2.24. The Bertz CT molecular complexity index is 539. The van der Waals surface area contributed by atoms with Crippen molar-refractivity contribution in [2.75, 3.05) is 24.5 Å². The molecule has 0 saturated carbocycles. The Morgan fingerprint density at radius 2 is 2.41 bits per heavy atom. The molecule has 1 fully saturated rings. The van der Waals surface area contributed by atoms with Crippen molar-refractivity contribution in [1.29, 1.82) is 0 Å². The molecule has 0 spiro atoms. The first-order chi connectivity index (χ1) is 8.29. The maximum Gasteiger partial charge on any atom is 0.212 e. The molecule has 2 aromatic rings. The highest BCUT2D eigenvalue weighted by molar-refractivity contribution is 14.1. The maximum absolute atomic E-state index is 5.71. The minimum absolute atomic E-state index is 0.572. The zero-order chi connectivity index (χ0) is 11.8. The van der Waals surface area contributed by atoms with E-state index in [0.29, 0.717) is 5.92 Å². The largest absolute Gasteiger partial charge is 0.342 e. The molecule has 17 heavy (non-hydrogen) atoms. The fourth-order valence-corrected chi connectivity index (χ4v) is 2.73. The predicted molar refractivity (Wildman–Crippen MR) is 72.9 cm³/mol. The molecule has 90 valence electrons. The van der Waals surface area contributed by atoms with Crippen molar-refractivity contribution in [3.63, 3.8) is 0 Å². The van der Waals surface area contributed by atoms with Crippen LogP contribution in [0.3, 0.4) is 0 Å². The quantitative estimate of drug-likeness (QED) is 0.804. The number of aromatic nitrogens is 4. The minimum Gasteiger partial charge on any atom is -0.342 e. The van der Waals surface area contributed by atoms with E-state index in [2.05, 4.69) is 42.7 Å². The van der Waals surface area contributed by atoms with Crippen LogP contribution in [0.5, 0.6) is 0 Å². The van der Waals surface area contributed by atoms with E-state index in [4.69, 9.17) is 5.73 Å². The van der Waals surface area contributed by atoms with Crippen LogP contribution in [0.4, 0.5) is 5.95 Å². The van der Waals surface area contributed by atoms with Gasteiger partial charge in [0.05, 0.1) is 3.57 Å². The third-order valence-corrected chi connectivity index (χ3v) is 3.93. The van der Waals surface area contributed by atoms with E-state index in [1.807, 2.05) is 10.6 Å². The summed E-state index contributed by atoms with van der Waals surface area (Å²) in [6, 6.07) is 0. The smallest absolute Gasteiger partial charge is 0.212 e. The molecule has 0 radical (unpaired) electrons. The lowest BCUT2D eigenvalue weighted by molar-refractivity contribution is 0.601. The van der Waals surface area contributed by atoms with Crippen LogP contribution in [0.2, 0.25) is 0 Å². The zero-order valence-electron chi connectivity index (χ0n) is 9.25. The van der Waals surface area contributed by atoms with Gasteiger partial charge in [-0.1, -0.05) is 0 Å². The van der Waals surface area contributed by atoms with Gasteiger partial charge < -0.3 is 10.6 Å². The van der Waals surface area contributed by atoms with Crippen molar-refractivity contribution in [2.24, 2.45) is 11.7 Å². The van der Waals surface area contributed by atoms with Gasteiger partial charge in [-0.15, -0.1) is 10.2 Å². The maximum atomic E-state index is 5.71. The number of hydrogen-bond acceptors (Lipinski definition) is 5. The van der Waals surface area contributed by atoms with Gasteiger partial charge in [0.25, 0.3) is 0 Å². The first kappa shape index (κ1) is 11.1. The van der Waals surface area contributed by atoms with Crippen LogP contribution in [0, 0.1) is 9.49 Å². The van der Waals surface area contributed by atoms with E-state index < -0.39 is 0 Å². The highest BCUT2D eigenvalue weighted by atomic mass is 127. The Hall–Kier alpha value is -0.960. The molecule has 0 aromatic carbocycles. The molecule has 0 aliphatic carbocycles. The molecule has 1 unspecified atom stereocenters. The topological polar surface area (TPSA) is 72.3 Å².